The zero-order valence-electron chi connectivity index (χ0n) is 9.59. The molecular formula is C12H16N2O3. The van der Waals surface area contributed by atoms with E-state index in [1.54, 1.807) is 17.2 Å². The lowest BCUT2D eigenvalue weighted by molar-refractivity contribution is -0.196. The van der Waals surface area contributed by atoms with Gasteiger partial charge in [-0.15, -0.1) is 0 Å². The SMILES string of the molecule is O=C(NCON1CCOCC1)c1ccccc1. The molecule has 1 aromatic carbocycles. The lowest BCUT2D eigenvalue weighted by Crippen LogP contribution is -2.39. The van der Waals surface area contributed by atoms with Gasteiger partial charge in [0.1, 0.15) is 6.73 Å². The largest absolute Gasteiger partial charge is 0.379 e. The molecule has 1 aliphatic rings. The summed E-state index contributed by atoms with van der Waals surface area (Å²) in [6, 6.07) is 9.07. The van der Waals surface area contributed by atoms with Crippen molar-refractivity contribution in [2.24, 2.45) is 0 Å². The molecule has 1 aromatic rings. The summed E-state index contributed by atoms with van der Waals surface area (Å²) in [5.41, 5.74) is 0.637. The summed E-state index contributed by atoms with van der Waals surface area (Å²) in [6.07, 6.45) is 0. The Kier molecular flexibility index (Phi) is 4.49. The average molecular weight is 236 g/mol. The zero-order chi connectivity index (χ0) is 11.9. The van der Waals surface area contributed by atoms with E-state index < -0.39 is 0 Å². The third kappa shape index (κ3) is 3.81. The van der Waals surface area contributed by atoms with Gasteiger partial charge >= 0.3 is 0 Å². The Morgan fingerprint density at radius 2 is 2.00 bits per heavy atom. The fourth-order valence-corrected chi connectivity index (χ4v) is 1.56. The van der Waals surface area contributed by atoms with Crippen molar-refractivity contribution in [1.82, 2.24) is 10.4 Å². The molecule has 5 heteroatoms. The number of hydrogen-bond donors (Lipinski definition) is 1. The number of morpholine rings is 1. The van der Waals surface area contributed by atoms with E-state index in [9.17, 15) is 4.79 Å². The number of carbonyl (C=O) groups excluding carboxylic acids is 1. The predicted octanol–water partition coefficient (Wildman–Crippen LogP) is 0.638. The van der Waals surface area contributed by atoms with Crippen molar-refractivity contribution < 1.29 is 14.4 Å². The van der Waals surface area contributed by atoms with Crippen LogP contribution in [0.25, 0.3) is 0 Å². The number of ether oxygens (including phenoxy) is 1. The maximum atomic E-state index is 11.7. The highest BCUT2D eigenvalue weighted by atomic mass is 16.7. The molecule has 1 heterocycles. The molecule has 0 aromatic heterocycles. The van der Waals surface area contributed by atoms with Crippen molar-refractivity contribution in [3.8, 4) is 0 Å². The zero-order valence-corrected chi connectivity index (χ0v) is 9.59. The minimum absolute atomic E-state index is 0.126. The van der Waals surface area contributed by atoms with Gasteiger partial charge in [0.15, 0.2) is 0 Å². The molecule has 17 heavy (non-hydrogen) atoms. The highest BCUT2D eigenvalue weighted by molar-refractivity contribution is 5.93. The lowest BCUT2D eigenvalue weighted by Gasteiger charge is -2.25. The number of benzene rings is 1. The topological polar surface area (TPSA) is 50.8 Å². The lowest BCUT2D eigenvalue weighted by atomic mass is 10.2. The van der Waals surface area contributed by atoms with E-state index in [2.05, 4.69) is 5.32 Å². The molecule has 1 amide bonds. The van der Waals surface area contributed by atoms with Crippen LogP contribution >= 0.6 is 0 Å². The van der Waals surface area contributed by atoms with Gasteiger partial charge in [0.2, 0.25) is 0 Å². The van der Waals surface area contributed by atoms with Crippen LogP contribution < -0.4 is 5.32 Å². The quantitative estimate of drug-likeness (QED) is 0.779. The number of nitrogens with zero attached hydrogens (tertiary/aromatic N) is 1. The predicted molar refractivity (Wildman–Crippen MR) is 62.3 cm³/mol. The normalized spacial score (nSPS) is 16.7. The summed E-state index contributed by atoms with van der Waals surface area (Å²) >= 11 is 0. The number of hydroxylamine groups is 2. The van der Waals surface area contributed by atoms with E-state index >= 15 is 0 Å². The number of nitrogens with one attached hydrogen (secondary N) is 1. The maximum Gasteiger partial charge on any atom is 0.253 e. The van der Waals surface area contributed by atoms with Crippen molar-refractivity contribution >= 4 is 5.91 Å². The van der Waals surface area contributed by atoms with Crippen molar-refractivity contribution in [3.63, 3.8) is 0 Å². The van der Waals surface area contributed by atoms with Crippen molar-refractivity contribution in [2.45, 2.75) is 0 Å². The van der Waals surface area contributed by atoms with Crippen LogP contribution in [0.3, 0.4) is 0 Å². The van der Waals surface area contributed by atoms with E-state index in [1.165, 1.54) is 0 Å². The van der Waals surface area contributed by atoms with Gasteiger partial charge in [-0.3, -0.25) is 9.63 Å². The molecule has 0 bridgehead atoms. The summed E-state index contributed by atoms with van der Waals surface area (Å²) in [5, 5.41) is 4.50. The standard InChI is InChI=1S/C12H16N2O3/c15-12(11-4-2-1-3-5-11)13-10-17-14-6-8-16-9-7-14/h1-5H,6-10H2,(H,13,15). The Morgan fingerprint density at radius 1 is 1.29 bits per heavy atom. The van der Waals surface area contributed by atoms with Crippen LogP contribution in [0.5, 0.6) is 0 Å². The fraction of sp³-hybridized carbons (Fsp3) is 0.417. The van der Waals surface area contributed by atoms with Gasteiger partial charge in [-0.1, -0.05) is 18.2 Å². The molecule has 1 aliphatic heterocycles. The first kappa shape index (κ1) is 12.0. The van der Waals surface area contributed by atoms with Crippen LogP contribution in [-0.2, 0) is 9.57 Å². The van der Waals surface area contributed by atoms with Crippen LogP contribution in [-0.4, -0.2) is 44.0 Å². The van der Waals surface area contributed by atoms with Crippen LogP contribution in [0.15, 0.2) is 30.3 Å². The van der Waals surface area contributed by atoms with Crippen molar-refractivity contribution in [2.75, 3.05) is 33.0 Å². The Balaban J connectivity index is 1.69. The van der Waals surface area contributed by atoms with Gasteiger partial charge in [0.05, 0.1) is 13.2 Å². The van der Waals surface area contributed by atoms with Crippen molar-refractivity contribution in [3.05, 3.63) is 35.9 Å². The summed E-state index contributed by atoms with van der Waals surface area (Å²) in [4.78, 5) is 17.0. The van der Waals surface area contributed by atoms with Gasteiger partial charge in [-0.05, 0) is 12.1 Å². The fourth-order valence-electron chi connectivity index (χ4n) is 1.56. The smallest absolute Gasteiger partial charge is 0.253 e. The summed E-state index contributed by atoms with van der Waals surface area (Å²) in [6.45, 7) is 3.01. The minimum atomic E-state index is -0.126. The minimum Gasteiger partial charge on any atom is -0.379 e. The number of hydrogen-bond acceptors (Lipinski definition) is 4. The first-order chi connectivity index (χ1) is 8.36. The van der Waals surface area contributed by atoms with Gasteiger partial charge < -0.3 is 10.1 Å². The molecule has 1 saturated heterocycles. The van der Waals surface area contributed by atoms with E-state index in [-0.39, 0.29) is 12.6 Å². The van der Waals surface area contributed by atoms with Gasteiger partial charge in [-0.25, -0.2) is 0 Å². The molecule has 0 radical (unpaired) electrons. The Morgan fingerprint density at radius 3 is 2.71 bits per heavy atom. The van der Waals surface area contributed by atoms with Gasteiger partial charge in [0, 0.05) is 18.7 Å². The van der Waals surface area contributed by atoms with E-state index in [0.29, 0.717) is 18.8 Å². The van der Waals surface area contributed by atoms with Crippen LogP contribution in [0.2, 0.25) is 0 Å². The van der Waals surface area contributed by atoms with Crippen LogP contribution in [0.1, 0.15) is 10.4 Å². The monoisotopic (exact) mass is 236 g/mol. The molecule has 0 spiro atoms. The highest BCUT2D eigenvalue weighted by Gasteiger charge is 2.11. The summed E-state index contributed by atoms with van der Waals surface area (Å²) in [7, 11) is 0. The maximum absolute atomic E-state index is 11.7. The summed E-state index contributed by atoms with van der Waals surface area (Å²) < 4.78 is 5.19. The van der Waals surface area contributed by atoms with Crippen LogP contribution in [0, 0.1) is 0 Å². The third-order valence-corrected chi connectivity index (χ3v) is 2.49. The molecule has 0 saturated carbocycles. The van der Waals surface area contributed by atoms with Crippen molar-refractivity contribution in [1.29, 1.82) is 0 Å². The molecule has 0 atom stereocenters. The first-order valence-electron chi connectivity index (χ1n) is 5.65. The second-order valence-corrected chi connectivity index (χ2v) is 3.69. The average Bonchev–Trinajstić information content (AvgIpc) is 2.41. The molecule has 92 valence electrons. The van der Waals surface area contributed by atoms with Gasteiger partial charge in [0.25, 0.3) is 5.91 Å². The number of carbonyl (C=O) groups is 1. The summed E-state index contributed by atoms with van der Waals surface area (Å²) in [5.74, 6) is -0.126. The van der Waals surface area contributed by atoms with Crippen LogP contribution in [0.4, 0.5) is 0 Å². The molecular weight excluding hydrogens is 220 g/mol. The molecule has 2 rings (SSSR count). The van der Waals surface area contributed by atoms with Gasteiger partial charge in [-0.2, -0.15) is 5.06 Å². The third-order valence-electron chi connectivity index (χ3n) is 2.49. The Hall–Kier alpha value is -1.43. The molecule has 1 N–H and O–H groups in total. The van der Waals surface area contributed by atoms with E-state index in [0.717, 1.165) is 13.1 Å². The van der Waals surface area contributed by atoms with E-state index in [1.807, 2.05) is 18.2 Å². The highest BCUT2D eigenvalue weighted by Crippen LogP contribution is 1.99. The molecule has 5 nitrogen and oxygen atoms in total. The molecule has 1 fully saturated rings. The second-order valence-electron chi connectivity index (χ2n) is 3.69. The number of rotatable bonds is 4. The Labute approximate surface area is 100 Å². The second kappa shape index (κ2) is 6.34. The first-order valence-corrected chi connectivity index (χ1v) is 5.65. The molecule has 0 aliphatic carbocycles. The number of amides is 1. The Bertz CT molecular complexity index is 350. The molecule has 0 unspecified atom stereocenters. The van der Waals surface area contributed by atoms with E-state index in [4.69, 9.17) is 9.57 Å².